The maximum atomic E-state index is 12.9. The van der Waals surface area contributed by atoms with Crippen molar-refractivity contribution in [2.24, 2.45) is 29.1 Å². The number of terminal acetylenes is 1. The van der Waals surface area contributed by atoms with Crippen LogP contribution in [0, 0.1) is 41.4 Å². The number of ketones is 1. The van der Waals surface area contributed by atoms with Gasteiger partial charge in [0.1, 0.15) is 5.60 Å². The van der Waals surface area contributed by atoms with Crippen molar-refractivity contribution >= 4 is 5.78 Å². The summed E-state index contributed by atoms with van der Waals surface area (Å²) in [4.78, 5) is 12.9. The molecule has 0 unspecified atom stereocenters. The van der Waals surface area contributed by atoms with E-state index in [0.29, 0.717) is 17.8 Å². The van der Waals surface area contributed by atoms with Crippen LogP contribution in [0.15, 0.2) is 47.1 Å². The van der Waals surface area contributed by atoms with Gasteiger partial charge in [0.05, 0.1) is 0 Å². The molecule has 6 atom stereocenters. The molecule has 29 heavy (non-hydrogen) atoms. The molecule has 0 aliphatic heterocycles. The van der Waals surface area contributed by atoms with E-state index < -0.39 is 5.60 Å². The van der Waals surface area contributed by atoms with Crippen molar-refractivity contribution in [2.45, 2.75) is 70.3 Å². The lowest BCUT2D eigenvalue weighted by Crippen LogP contribution is -2.53. The van der Waals surface area contributed by atoms with Crippen LogP contribution in [-0.4, -0.2) is 16.5 Å². The summed E-state index contributed by atoms with van der Waals surface area (Å²) in [5.41, 5.74) is 3.56. The Morgan fingerprint density at radius 1 is 1.24 bits per heavy atom. The Morgan fingerprint density at radius 3 is 2.72 bits per heavy atom. The first-order valence-electron chi connectivity index (χ1n) is 11.4. The largest absolute Gasteiger partial charge is 0.373 e. The van der Waals surface area contributed by atoms with E-state index in [9.17, 15) is 9.90 Å². The Hall–Kier alpha value is -1.85. The molecule has 0 bridgehead atoms. The summed E-state index contributed by atoms with van der Waals surface area (Å²) in [6, 6.07) is 0. The molecule has 0 amide bonds. The topological polar surface area (TPSA) is 37.3 Å². The van der Waals surface area contributed by atoms with Crippen molar-refractivity contribution in [2.75, 3.05) is 0 Å². The third-order valence-electron chi connectivity index (χ3n) is 8.96. The lowest BCUT2D eigenvalue weighted by Gasteiger charge is -2.55. The molecule has 3 saturated carbocycles. The van der Waals surface area contributed by atoms with E-state index in [1.54, 1.807) is 0 Å². The van der Waals surface area contributed by atoms with Gasteiger partial charge in [0.25, 0.3) is 0 Å². The quantitative estimate of drug-likeness (QED) is 0.347. The van der Waals surface area contributed by atoms with Crippen LogP contribution in [0.5, 0.6) is 0 Å². The van der Waals surface area contributed by atoms with Gasteiger partial charge in [-0.3, -0.25) is 4.79 Å². The summed E-state index contributed by atoms with van der Waals surface area (Å²) in [6.07, 6.45) is 21.4. The predicted molar refractivity (Wildman–Crippen MR) is 116 cm³/mol. The summed E-state index contributed by atoms with van der Waals surface area (Å²) in [7, 11) is 0. The minimum atomic E-state index is -1.18. The normalized spacial score (nSPS) is 44.0. The fraction of sp³-hybridized carbons (Fsp3) is 0.593. The van der Waals surface area contributed by atoms with E-state index in [1.807, 2.05) is 12.2 Å². The number of rotatable bonds is 0. The Balaban J connectivity index is 1.51. The fourth-order valence-corrected chi connectivity index (χ4v) is 7.40. The number of carbonyl (C=O) groups is 1. The van der Waals surface area contributed by atoms with Crippen LogP contribution in [0.25, 0.3) is 0 Å². The Morgan fingerprint density at radius 2 is 2.00 bits per heavy atom. The number of allylic oxidation sites excluding steroid dienone is 6. The van der Waals surface area contributed by atoms with Gasteiger partial charge in [-0.1, -0.05) is 48.6 Å². The fourth-order valence-electron chi connectivity index (χ4n) is 7.40. The van der Waals surface area contributed by atoms with E-state index in [-0.39, 0.29) is 17.1 Å². The maximum absolute atomic E-state index is 12.9. The van der Waals surface area contributed by atoms with Gasteiger partial charge in [0, 0.05) is 5.41 Å². The SMILES string of the molecule is C#C[C@]1(O)C=C[C@H]2[C@@H]3CCC4=CC(=O)C(=C5CCCCC5)C[C@@H]4[C@H]3C(=C)C[C@@]21C. The maximum Gasteiger partial charge on any atom is 0.181 e. The minimum Gasteiger partial charge on any atom is -0.373 e. The zero-order chi connectivity index (χ0) is 20.4. The molecule has 0 aromatic rings. The van der Waals surface area contributed by atoms with Gasteiger partial charge in [-0.2, -0.15) is 0 Å². The summed E-state index contributed by atoms with van der Waals surface area (Å²) in [5.74, 6) is 4.48. The molecular weight excluding hydrogens is 356 g/mol. The molecule has 1 N–H and O–H groups in total. The first-order valence-corrected chi connectivity index (χ1v) is 11.4. The average Bonchev–Trinajstić information content (AvgIpc) is 2.99. The van der Waals surface area contributed by atoms with E-state index in [2.05, 4.69) is 25.5 Å². The minimum absolute atomic E-state index is 0.278. The first kappa shape index (κ1) is 19.1. The van der Waals surface area contributed by atoms with Crippen molar-refractivity contribution in [1.82, 2.24) is 0 Å². The summed E-state index contributed by atoms with van der Waals surface area (Å²) in [6.45, 7) is 6.66. The van der Waals surface area contributed by atoms with E-state index >= 15 is 0 Å². The van der Waals surface area contributed by atoms with Crippen LogP contribution in [0.2, 0.25) is 0 Å². The Bertz CT molecular complexity index is 901. The van der Waals surface area contributed by atoms with Crippen molar-refractivity contribution in [3.63, 3.8) is 0 Å². The van der Waals surface area contributed by atoms with Gasteiger partial charge in [0.2, 0.25) is 0 Å². The molecule has 2 heteroatoms. The van der Waals surface area contributed by atoms with Crippen molar-refractivity contribution < 1.29 is 9.90 Å². The summed E-state index contributed by atoms with van der Waals surface area (Å²) >= 11 is 0. The highest BCUT2D eigenvalue weighted by Crippen LogP contribution is 2.64. The zero-order valence-electron chi connectivity index (χ0n) is 17.5. The monoisotopic (exact) mass is 388 g/mol. The predicted octanol–water partition coefficient (Wildman–Crippen LogP) is 5.31. The molecule has 5 aliphatic rings. The second kappa shape index (κ2) is 6.58. The molecular formula is C27H32O2. The van der Waals surface area contributed by atoms with Crippen LogP contribution in [0.1, 0.15) is 64.7 Å². The molecule has 0 radical (unpaired) electrons. The number of hydrogen-bond donors (Lipinski definition) is 1. The molecule has 5 aliphatic carbocycles. The number of hydrogen-bond acceptors (Lipinski definition) is 2. The van der Waals surface area contributed by atoms with E-state index in [4.69, 9.17) is 6.42 Å². The molecule has 5 rings (SSSR count). The van der Waals surface area contributed by atoms with Gasteiger partial charge in [-0.15, -0.1) is 6.42 Å². The van der Waals surface area contributed by atoms with Gasteiger partial charge in [-0.05, 0) is 92.8 Å². The average molecular weight is 389 g/mol. The highest BCUT2D eigenvalue weighted by atomic mass is 16.3. The molecule has 0 aromatic carbocycles. The van der Waals surface area contributed by atoms with Crippen LogP contribution >= 0.6 is 0 Å². The van der Waals surface area contributed by atoms with Crippen LogP contribution in [0.3, 0.4) is 0 Å². The van der Waals surface area contributed by atoms with Crippen molar-refractivity contribution in [3.8, 4) is 12.3 Å². The lowest BCUT2D eigenvalue weighted by molar-refractivity contribution is -0.112. The molecule has 3 fully saturated rings. The van der Waals surface area contributed by atoms with Gasteiger partial charge in [0.15, 0.2) is 5.78 Å². The molecule has 2 nitrogen and oxygen atoms in total. The first-order chi connectivity index (χ1) is 13.9. The molecule has 0 aromatic heterocycles. The summed E-state index contributed by atoms with van der Waals surface area (Å²) in [5, 5.41) is 11.1. The second-order valence-corrected chi connectivity index (χ2v) is 10.3. The third-order valence-corrected chi connectivity index (χ3v) is 8.96. The highest BCUT2D eigenvalue weighted by molar-refractivity contribution is 6.06. The number of aliphatic hydroxyl groups is 1. The highest BCUT2D eigenvalue weighted by Gasteiger charge is 2.60. The Labute approximate surface area is 174 Å². The molecule has 0 heterocycles. The van der Waals surface area contributed by atoms with Crippen LogP contribution in [0.4, 0.5) is 0 Å². The standard InChI is InChI=1S/C27H32O2/c1-4-27(29)13-12-23-20-11-10-19-14-24(28)21(18-8-6-5-7-9-18)15-22(19)25(20)17(2)16-26(23,27)3/h1,12-14,20,22-23,25,29H,2,5-11,15-16H2,3H3/t20-,22-,23-,25-,26-,27-/m0/s1. The molecule has 0 saturated heterocycles. The van der Waals surface area contributed by atoms with Gasteiger partial charge >= 0.3 is 0 Å². The van der Waals surface area contributed by atoms with Crippen LogP contribution in [-0.2, 0) is 4.79 Å². The van der Waals surface area contributed by atoms with Gasteiger partial charge < -0.3 is 5.11 Å². The number of fused-ring (bicyclic) bond motifs is 5. The van der Waals surface area contributed by atoms with E-state index in [0.717, 1.165) is 44.1 Å². The van der Waals surface area contributed by atoms with Gasteiger partial charge in [-0.25, -0.2) is 0 Å². The second-order valence-electron chi connectivity index (χ2n) is 10.3. The third kappa shape index (κ3) is 2.63. The lowest BCUT2D eigenvalue weighted by atomic mass is 9.49. The molecule has 152 valence electrons. The smallest absolute Gasteiger partial charge is 0.181 e. The van der Waals surface area contributed by atoms with E-state index in [1.165, 1.54) is 36.0 Å². The zero-order valence-corrected chi connectivity index (χ0v) is 17.5. The number of carbonyl (C=O) groups excluding carboxylic acids is 1. The van der Waals surface area contributed by atoms with Crippen molar-refractivity contribution in [1.29, 1.82) is 0 Å². The molecule has 0 spiro atoms. The Kier molecular flexibility index (Phi) is 4.34. The van der Waals surface area contributed by atoms with Crippen molar-refractivity contribution in [3.05, 3.63) is 47.1 Å². The summed E-state index contributed by atoms with van der Waals surface area (Å²) < 4.78 is 0. The van der Waals surface area contributed by atoms with Crippen LogP contribution < -0.4 is 0 Å².